The summed E-state index contributed by atoms with van der Waals surface area (Å²) < 4.78 is 19.7. The third-order valence-corrected chi connectivity index (χ3v) is 3.41. The lowest BCUT2D eigenvalue weighted by Crippen LogP contribution is -2.43. The normalized spacial score (nSPS) is 15.6. The lowest BCUT2D eigenvalue weighted by Gasteiger charge is -2.37. The van der Waals surface area contributed by atoms with Gasteiger partial charge in [0.15, 0.2) is 8.32 Å². The van der Waals surface area contributed by atoms with E-state index in [0.717, 1.165) is 12.8 Å². The minimum atomic E-state index is -1.79. The van der Waals surface area contributed by atoms with Crippen LogP contribution in [0, 0.1) is 0 Å². The van der Waals surface area contributed by atoms with E-state index in [1.807, 2.05) is 0 Å². The molecule has 0 heterocycles. The van der Waals surface area contributed by atoms with Gasteiger partial charge in [-0.2, -0.15) is 0 Å². The van der Waals surface area contributed by atoms with E-state index in [-0.39, 0.29) is 5.83 Å². The average Bonchev–Trinajstić information content (AvgIpc) is 2.12. The summed E-state index contributed by atoms with van der Waals surface area (Å²) in [6.45, 7) is 15.5. The van der Waals surface area contributed by atoms with Crippen molar-refractivity contribution in [2.75, 3.05) is 0 Å². The second kappa shape index (κ2) is 6.35. The van der Waals surface area contributed by atoms with Crippen molar-refractivity contribution in [1.82, 2.24) is 0 Å². The van der Waals surface area contributed by atoms with Gasteiger partial charge in [0.2, 0.25) is 0 Å². The Balaban J connectivity index is 4.92. The first-order chi connectivity index (χ1) is 7.27. The summed E-state index contributed by atoms with van der Waals surface area (Å²) in [5.74, 6) is -0.358. The largest absolute Gasteiger partial charge is 0.405 e. The maximum Gasteiger partial charge on any atom is 0.185 e. The second-order valence-corrected chi connectivity index (χ2v) is 9.64. The molecule has 0 saturated heterocycles. The molecule has 0 aliphatic heterocycles. The van der Waals surface area contributed by atoms with Crippen LogP contribution in [0.15, 0.2) is 25.1 Å². The zero-order valence-electron chi connectivity index (χ0n) is 11.1. The highest BCUT2D eigenvalue weighted by Crippen LogP contribution is 2.34. The molecule has 0 aromatic rings. The van der Waals surface area contributed by atoms with E-state index in [1.165, 1.54) is 0 Å². The van der Waals surface area contributed by atoms with Crippen LogP contribution in [0.5, 0.6) is 0 Å². The van der Waals surface area contributed by atoms with Crippen LogP contribution >= 0.6 is 0 Å². The lowest BCUT2D eigenvalue weighted by molar-refractivity contribution is 0.0666. The standard InChI is InChI=1S/C13H25FOSi/c1-7-9-11-13(10-8-2,12(3)14)15-16(4,5)6/h8H,2-3,7,9-11H2,1,4-6H3. The Morgan fingerprint density at radius 2 is 2.00 bits per heavy atom. The van der Waals surface area contributed by atoms with Crippen molar-refractivity contribution < 1.29 is 8.82 Å². The number of hydrogen-bond donors (Lipinski definition) is 0. The van der Waals surface area contributed by atoms with E-state index < -0.39 is 13.9 Å². The minimum Gasteiger partial charge on any atom is -0.405 e. The molecule has 0 spiro atoms. The Morgan fingerprint density at radius 3 is 2.31 bits per heavy atom. The van der Waals surface area contributed by atoms with Gasteiger partial charge in [0, 0.05) is 0 Å². The van der Waals surface area contributed by atoms with Crippen molar-refractivity contribution >= 4 is 8.32 Å². The SMILES string of the molecule is C=CCC(CCCC)(O[Si](C)(C)C)C(=C)F. The fourth-order valence-corrected chi connectivity index (χ4v) is 3.25. The molecular weight excluding hydrogens is 219 g/mol. The van der Waals surface area contributed by atoms with Crippen LogP contribution in [0.1, 0.15) is 32.6 Å². The van der Waals surface area contributed by atoms with Gasteiger partial charge in [-0.1, -0.05) is 32.4 Å². The fourth-order valence-electron chi connectivity index (χ4n) is 1.78. The number of unbranched alkanes of at least 4 members (excludes halogenated alkanes) is 1. The summed E-state index contributed by atoms with van der Waals surface area (Å²) >= 11 is 0. The van der Waals surface area contributed by atoms with Crippen LogP contribution in [0.2, 0.25) is 19.6 Å². The summed E-state index contributed by atoms with van der Waals surface area (Å²) in [7, 11) is -1.79. The predicted octanol–water partition coefficient (Wildman–Crippen LogP) is 4.83. The Morgan fingerprint density at radius 1 is 1.44 bits per heavy atom. The summed E-state index contributed by atoms with van der Waals surface area (Å²) in [5.41, 5.74) is -0.831. The Kier molecular flexibility index (Phi) is 6.19. The van der Waals surface area contributed by atoms with Crippen molar-refractivity contribution in [2.45, 2.75) is 57.8 Å². The van der Waals surface area contributed by atoms with Gasteiger partial charge in [-0.3, -0.25) is 0 Å². The Labute approximate surface area is 101 Å². The van der Waals surface area contributed by atoms with E-state index in [2.05, 4.69) is 39.7 Å². The second-order valence-electron chi connectivity index (χ2n) is 5.21. The van der Waals surface area contributed by atoms with Gasteiger partial charge >= 0.3 is 0 Å². The van der Waals surface area contributed by atoms with E-state index in [4.69, 9.17) is 4.43 Å². The third kappa shape index (κ3) is 5.08. The molecule has 16 heavy (non-hydrogen) atoms. The van der Waals surface area contributed by atoms with E-state index in [9.17, 15) is 4.39 Å². The van der Waals surface area contributed by atoms with Crippen LogP contribution in [0.3, 0.4) is 0 Å². The molecule has 0 radical (unpaired) electrons. The van der Waals surface area contributed by atoms with Gasteiger partial charge in [0.1, 0.15) is 11.4 Å². The van der Waals surface area contributed by atoms with Gasteiger partial charge in [0.25, 0.3) is 0 Å². The summed E-state index contributed by atoms with van der Waals surface area (Å²) in [5, 5.41) is 0. The Hall–Kier alpha value is -0.413. The molecular formula is C13H25FOSi. The third-order valence-electron chi connectivity index (χ3n) is 2.40. The molecule has 0 aromatic carbocycles. The molecule has 94 valence electrons. The molecule has 0 bridgehead atoms. The monoisotopic (exact) mass is 244 g/mol. The van der Waals surface area contributed by atoms with Crippen LogP contribution in [-0.2, 0) is 4.43 Å². The summed E-state index contributed by atoms with van der Waals surface area (Å²) in [6, 6.07) is 0. The predicted molar refractivity (Wildman–Crippen MR) is 71.7 cm³/mol. The molecule has 0 amide bonds. The maximum atomic E-state index is 13.7. The van der Waals surface area contributed by atoms with Crippen molar-refractivity contribution in [2.24, 2.45) is 0 Å². The van der Waals surface area contributed by atoms with Crippen molar-refractivity contribution in [3.05, 3.63) is 25.1 Å². The summed E-state index contributed by atoms with van der Waals surface area (Å²) in [6.07, 6.45) is 4.89. The lowest BCUT2D eigenvalue weighted by atomic mass is 9.92. The number of halogens is 1. The first-order valence-corrected chi connectivity index (χ1v) is 9.34. The number of rotatable bonds is 8. The topological polar surface area (TPSA) is 9.23 Å². The minimum absolute atomic E-state index is 0.358. The highest BCUT2D eigenvalue weighted by molar-refractivity contribution is 6.69. The molecule has 0 rings (SSSR count). The van der Waals surface area contributed by atoms with E-state index >= 15 is 0 Å². The van der Waals surface area contributed by atoms with Crippen LogP contribution < -0.4 is 0 Å². The quantitative estimate of drug-likeness (QED) is 0.439. The van der Waals surface area contributed by atoms with Crippen molar-refractivity contribution in [1.29, 1.82) is 0 Å². The first-order valence-electron chi connectivity index (χ1n) is 5.93. The highest BCUT2D eigenvalue weighted by Gasteiger charge is 2.37. The van der Waals surface area contributed by atoms with Crippen molar-refractivity contribution in [3.63, 3.8) is 0 Å². The van der Waals surface area contributed by atoms with E-state index in [0.29, 0.717) is 12.8 Å². The molecule has 1 unspecified atom stereocenters. The van der Waals surface area contributed by atoms with Gasteiger partial charge in [-0.15, -0.1) is 6.58 Å². The molecule has 1 nitrogen and oxygen atoms in total. The molecule has 0 saturated carbocycles. The average molecular weight is 244 g/mol. The van der Waals surface area contributed by atoms with Crippen LogP contribution in [0.4, 0.5) is 4.39 Å². The molecule has 0 fully saturated rings. The molecule has 1 atom stereocenters. The van der Waals surface area contributed by atoms with Crippen LogP contribution in [0.25, 0.3) is 0 Å². The van der Waals surface area contributed by atoms with Gasteiger partial charge in [-0.05, 0) is 32.5 Å². The zero-order valence-corrected chi connectivity index (χ0v) is 12.1. The Bertz CT molecular complexity index is 245. The van der Waals surface area contributed by atoms with Gasteiger partial charge in [-0.25, -0.2) is 4.39 Å². The van der Waals surface area contributed by atoms with Gasteiger partial charge < -0.3 is 4.43 Å². The highest BCUT2D eigenvalue weighted by atomic mass is 28.4. The maximum absolute atomic E-state index is 13.7. The van der Waals surface area contributed by atoms with Crippen molar-refractivity contribution in [3.8, 4) is 0 Å². The molecule has 0 aromatic heterocycles. The molecule has 0 aliphatic carbocycles. The number of hydrogen-bond acceptors (Lipinski definition) is 1. The van der Waals surface area contributed by atoms with E-state index in [1.54, 1.807) is 6.08 Å². The first kappa shape index (κ1) is 15.6. The fraction of sp³-hybridized carbons (Fsp3) is 0.692. The molecule has 0 aliphatic rings. The molecule has 0 N–H and O–H groups in total. The van der Waals surface area contributed by atoms with Gasteiger partial charge in [0.05, 0.1) is 0 Å². The summed E-state index contributed by atoms with van der Waals surface area (Å²) in [4.78, 5) is 0. The smallest absolute Gasteiger partial charge is 0.185 e. The van der Waals surface area contributed by atoms with Crippen LogP contribution in [-0.4, -0.2) is 13.9 Å². The molecule has 3 heteroatoms. The zero-order chi connectivity index (χ0) is 12.8.